The minimum Gasteiger partial charge on any atom is -0.423 e. The first-order valence-electron chi connectivity index (χ1n) is 7.88. The molecule has 6 heteroatoms. The van der Waals surface area contributed by atoms with Crippen LogP contribution in [0.15, 0.2) is 48.6 Å². The fraction of sp³-hybridized carbons (Fsp3) is 0.200. The molecule has 4 nitrogen and oxygen atoms in total. The van der Waals surface area contributed by atoms with E-state index < -0.39 is 35.2 Å². The number of carbonyl (C=O) groups excluding carboxylic acids is 2. The van der Waals surface area contributed by atoms with E-state index in [-0.39, 0.29) is 16.9 Å². The average molecular weight is 360 g/mol. The van der Waals surface area contributed by atoms with Crippen molar-refractivity contribution in [2.45, 2.75) is 20.8 Å². The highest BCUT2D eigenvalue weighted by molar-refractivity contribution is 5.88. The van der Waals surface area contributed by atoms with Crippen molar-refractivity contribution >= 4 is 11.9 Å². The van der Waals surface area contributed by atoms with Crippen molar-refractivity contribution in [3.8, 4) is 22.6 Å². The summed E-state index contributed by atoms with van der Waals surface area (Å²) < 4.78 is 38.4. The van der Waals surface area contributed by atoms with Gasteiger partial charge in [-0.1, -0.05) is 32.6 Å². The average Bonchev–Trinajstić information content (AvgIpc) is 2.59. The molecule has 0 saturated heterocycles. The monoisotopic (exact) mass is 360 g/mol. The predicted molar refractivity (Wildman–Crippen MR) is 92.7 cm³/mol. The highest BCUT2D eigenvalue weighted by Crippen LogP contribution is 2.31. The Hall–Kier alpha value is -3.02. The van der Waals surface area contributed by atoms with Crippen LogP contribution in [0.1, 0.15) is 20.8 Å². The number of rotatable bonds is 5. The van der Waals surface area contributed by atoms with Gasteiger partial charge in [-0.05, 0) is 36.8 Å². The molecule has 0 aliphatic rings. The van der Waals surface area contributed by atoms with Crippen LogP contribution in [0.3, 0.4) is 0 Å². The molecule has 136 valence electrons. The summed E-state index contributed by atoms with van der Waals surface area (Å²) in [5, 5.41) is 0. The van der Waals surface area contributed by atoms with Gasteiger partial charge in [-0.15, -0.1) is 0 Å². The minimum atomic E-state index is -1.24. The number of benzene rings is 2. The lowest BCUT2D eigenvalue weighted by Gasteiger charge is -2.11. The van der Waals surface area contributed by atoms with Crippen LogP contribution in [0.4, 0.5) is 8.78 Å². The molecule has 2 aromatic carbocycles. The van der Waals surface area contributed by atoms with Crippen LogP contribution in [0.25, 0.3) is 11.1 Å². The molecule has 0 fully saturated rings. The van der Waals surface area contributed by atoms with Gasteiger partial charge >= 0.3 is 11.9 Å². The molecule has 0 unspecified atom stereocenters. The second-order valence-corrected chi connectivity index (χ2v) is 6.01. The molecule has 0 heterocycles. The highest BCUT2D eigenvalue weighted by atomic mass is 19.2. The Morgan fingerprint density at radius 1 is 0.962 bits per heavy atom. The first kappa shape index (κ1) is 19.3. The van der Waals surface area contributed by atoms with Gasteiger partial charge in [0.05, 0.1) is 5.92 Å². The van der Waals surface area contributed by atoms with E-state index in [1.54, 1.807) is 13.8 Å². The topological polar surface area (TPSA) is 52.6 Å². The quantitative estimate of drug-likeness (QED) is 0.442. The second-order valence-electron chi connectivity index (χ2n) is 6.01. The van der Waals surface area contributed by atoms with Gasteiger partial charge in [0, 0.05) is 11.1 Å². The van der Waals surface area contributed by atoms with Crippen molar-refractivity contribution in [1.82, 2.24) is 0 Å². The molecule has 2 aromatic rings. The normalized spacial score (nSPS) is 10.5. The summed E-state index contributed by atoms with van der Waals surface area (Å²) in [4.78, 5) is 23.0. The fourth-order valence-corrected chi connectivity index (χ4v) is 1.96. The van der Waals surface area contributed by atoms with Crippen molar-refractivity contribution in [1.29, 1.82) is 0 Å². The third kappa shape index (κ3) is 4.33. The second kappa shape index (κ2) is 7.91. The van der Waals surface area contributed by atoms with Crippen molar-refractivity contribution in [2.75, 3.05) is 0 Å². The molecule has 2 rings (SSSR count). The molecule has 0 aliphatic heterocycles. The van der Waals surface area contributed by atoms with Crippen LogP contribution in [0.5, 0.6) is 11.5 Å². The lowest BCUT2D eigenvalue weighted by molar-refractivity contribution is -0.138. The van der Waals surface area contributed by atoms with Gasteiger partial charge in [-0.2, -0.15) is 4.39 Å². The molecule has 0 N–H and O–H groups in total. The van der Waals surface area contributed by atoms with E-state index in [2.05, 4.69) is 6.58 Å². The SMILES string of the molecule is C=C(C)C(=O)Oc1ccc(-c2ccc(OC(=O)C(C)C)c(F)c2F)cc1. The number of hydrogen-bond donors (Lipinski definition) is 0. The van der Waals surface area contributed by atoms with Crippen LogP contribution in [-0.2, 0) is 9.59 Å². The molecule has 0 aliphatic carbocycles. The Kier molecular flexibility index (Phi) is 5.87. The first-order valence-corrected chi connectivity index (χ1v) is 7.88. The molecule has 0 saturated carbocycles. The lowest BCUT2D eigenvalue weighted by atomic mass is 10.0. The van der Waals surface area contributed by atoms with E-state index >= 15 is 0 Å². The molecule has 0 atom stereocenters. The first-order chi connectivity index (χ1) is 12.2. The summed E-state index contributed by atoms with van der Waals surface area (Å²) in [5.74, 6) is -4.28. The number of ether oxygens (including phenoxy) is 2. The molecule has 0 amide bonds. The van der Waals surface area contributed by atoms with Crippen LogP contribution in [0, 0.1) is 17.6 Å². The molecule has 0 bridgehead atoms. The Morgan fingerprint density at radius 2 is 1.58 bits per heavy atom. The van der Waals surface area contributed by atoms with Gasteiger partial charge in [0.2, 0.25) is 5.82 Å². The van der Waals surface area contributed by atoms with Crippen molar-refractivity contribution in [3.63, 3.8) is 0 Å². The maximum absolute atomic E-state index is 14.4. The van der Waals surface area contributed by atoms with Gasteiger partial charge in [0.25, 0.3) is 0 Å². The maximum Gasteiger partial charge on any atom is 0.338 e. The number of hydrogen-bond acceptors (Lipinski definition) is 4. The largest absolute Gasteiger partial charge is 0.423 e. The summed E-state index contributed by atoms with van der Waals surface area (Å²) in [6.07, 6.45) is 0. The minimum absolute atomic E-state index is 0.00961. The molecule has 0 aromatic heterocycles. The number of esters is 2. The predicted octanol–water partition coefficient (Wildman–Crippen LogP) is 4.67. The van der Waals surface area contributed by atoms with Crippen LogP contribution >= 0.6 is 0 Å². The summed E-state index contributed by atoms with van der Waals surface area (Å²) in [7, 11) is 0. The van der Waals surface area contributed by atoms with Gasteiger partial charge in [0.1, 0.15) is 5.75 Å². The van der Waals surface area contributed by atoms with E-state index in [0.29, 0.717) is 5.56 Å². The zero-order chi connectivity index (χ0) is 19.4. The maximum atomic E-state index is 14.4. The fourth-order valence-electron chi connectivity index (χ4n) is 1.96. The van der Waals surface area contributed by atoms with Crippen LogP contribution in [-0.4, -0.2) is 11.9 Å². The highest BCUT2D eigenvalue weighted by Gasteiger charge is 2.19. The summed E-state index contributed by atoms with van der Waals surface area (Å²) in [5.41, 5.74) is 0.608. The number of carbonyl (C=O) groups is 2. The van der Waals surface area contributed by atoms with Gasteiger partial charge in [0.15, 0.2) is 11.6 Å². The van der Waals surface area contributed by atoms with Gasteiger partial charge < -0.3 is 9.47 Å². The number of halogens is 2. The molecule has 26 heavy (non-hydrogen) atoms. The van der Waals surface area contributed by atoms with Crippen molar-refractivity contribution in [3.05, 3.63) is 60.2 Å². The summed E-state index contributed by atoms with van der Waals surface area (Å²) in [6.45, 7) is 8.17. The van der Waals surface area contributed by atoms with E-state index in [1.807, 2.05) is 0 Å². The van der Waals surface area contributed by atoms with Crippen LogP contribution < -0.4 is 9.47 Å². The molecule has 0 radical (unpaired) electrons. The van der Waals surface area contributed by atoms with E-state index in [4.69, 9.17) is 9.47 Å². The Bertz CT molecular complexity index is 855. The van der Waals surface area contributed by atoms with E-state index in [0.717, 1.165) is 0 Å². The summed E-state index contributed by atoms with van der Waals surface area (Å²) >= 11 is 0. The van der Waals surface area contributed by atoms with E-state index in [9.17, 15) is 18.4 Å². The smallest absolute Gasteiger partial charge is 0.338 e. The third-order valence-electron chi connectivity index (χ3n) is 3.45. The molecular weight excluding hydrogens is 342 g/mol. The van der Waals surface area contributed by atoms with Crippen molar-refractivity contribution in [2.24, 2.45) is 5.92 Å². The standard InChI is InChI=1S/C20H18F2O4/c1-11(2)19(23)25-14-7-5-13(6-8-14)15-9-10-16(18(22)17(15)21)26-20(24)12(3)4/h5-10,12H,1H2,2-4H3. The zero-order valence-corrected chi connectivity index (χ0v) is 14.6. The zero-order valence-electron chi connectivity index (χ0n) is 14.6. The van der Waals surface area contributed by atoms with Gasteiger partial charge in [-0.3, -0.25) is 4.79 Å². The van der Waals surface area contributed by atoms with Crippen LogP contribution in [0.2, 0.25) is 0 Å². The third-order valence-corrected chi connectivity index (χ3v) is 3.45. The Balaban J connectivity index is 2.26. The Morgan fingerprint density at radius 3 is 2.12 bits per heavy atom. The molecular formula is C20H18F2O4. The summed E-state index contributed by atoms with van der Waals surface area (Å²) in [6, 6.07) is 8.40. The van der Waals surface area contributed by atoms with Crippen molar-refractivity contribution < 1.29 is 27.8 Å². The Labute approximate surface area is 150 Å². The van der Waals surface area contributed by atoms with Gasteiger partial charge in [-0.25, -0.2) is 9.18 Å². The lowest BCUT2D eigenvalue weighted by Crippen LogP contribution is -2.15. The molecule has 0 spiro atoms. The van der Waals surface area contributed by atoms with E-state index in [1.165, 1.54) is 43.3 Å².